The number of aliphatic hydroxyl groups excluding tert-OH is 1. The molecule has 0 atom stereocenters. The summed E-state index contributed by atoms with van der Waals surface area (Å²) < 4.78 is 27.2. The van der Waals surface area contributed by atoms with Crippen molar-refractivity contribution in [3.05, 3.63) is 29.8 Å². The summed E-state index contributed by atoms with van der Waals surface area (Å²) in [4.78, 5) is 0. The monoisotopic (exact) mass is 298 g/mol. The molecule has 0 radical (unpaired) electrons. The topological polar surface area (TPSA) is 92.4 Å². The Labute approximate surface area is 120 Å². The van der Waals surface area contributed by atoms with Gasteiger partial charge in [-0.25, -0.2) is 13.1 Å². The van der Waals surface area contributed by atoms with Crippen molar-refractivity contribution in [3.63, 3.8) is 0 Å². The van der Waals surface area contributed by atoms with Crippen LogP contribution < -0.4 is 10.5 Å². The number of benzene rings is 1. The SMILES string of the molecule is Nc1ccc(CS(=O)(=O)NC2(CO)CCCCC2)cc1. The number of nitrogens with two attached hydrogens (primary N) is 1. The molecule has 1 aliphatic carbocycles. The third kappa shape index (κ3) is 3.94. The second-order valence-electron chi connectivity index (χ2n) is 5.60. The Balaban J connectivity index is 2.08. The lowest BCUT2D eigenvalue weighted by Gasteiger charge is -2.36. The van der Waals surface area contributed by atoms with E-state index < -0.39 is 15.6 Å². The van der Waals surface area contributed by atoms with Crippen molar-refractivity contribution in [3.8, 4) is 0 Å². The second kappa shape index (κ2) is 6.11. The van der Waals surface area contributed by atoms with E-state index in [-0.39, 0.29) is 12.4 Å². The summed E-state index contributed by atoms with van der Waals surface area (Å²) in [5.74, 6) is -0.0883. The molecular formula is C14H22N2O3S. The average Bonchev–Trinajstić information content (AvgIpc) is 2.41. The zero-order valence-electron chi connectivity index (χ0n) is 11.5. The van der Waals surface area contributed by atoms with Crippen LogP contribution in [-0.2, 0) is 15.8 Å². The quantitative estimate of drug-likeness (QED) is 0.716. The molecule has 1 aromatic carbocycles. The van der Waals surface area contributed by atoms with E-state index in [1.807, 2.05) is 0 Å². The highest BCUT2D eigenvalue weighted by molar-refractivity contribution is 7.88. The molecule has 20 heavy (non-hydrogen) atoms. The fraction of sp³-hybridized carbons (Fsp3) is 0.571. The molecule has 0 aromatic heterocycles. The summed E-state index contributed by atoms with van der Waals surface area (Å²) >= 11 is 0. The van der Waals surface area contributed by atoms with Gasteiger partial charge in [-0.2, -0.15) is 0 Å². The molecule has 1 aromatic rings. The van der Waals surface area contributed by atoms with E-state index in [4.69, 9.17) is 5.73 Å². The molecule has 2 rings (SSSR count). The van der Waals surface area contributed by atoms with Crippen LogP contribution in [0.4, 0.5) is 5.69 Å². The van der Waals surface area contributed by atoms with Gasteiger partial charge in [-0.15, -0.1) is 0 Å². The van der Waals surface area contributed by atoms with Crippen LogP contribution in [0.1, 0.15) is 37.7 Å². The number of sulfonamides is 1. The van der Waals surface area contributed by atoms with E-state index >= 15 is 0 Å². The van der Waals surface area contributed by atoms with E-state index in [1.54, 1.807) is 24.3 Å². The molecule has 1 saturated carbocycles. The van der Waals surface area contributed by atoms with Gasteiger partial charge < -0.3 is 10.8 Å². The average molecular weight is 298 g/mol. The zero-order valence-corrected chi connectivity index (χ0v) is 12.3. The zero-order chi connectivity index (χ0) is 14.6. The molecule has 6 heteroatoms. The van der Waals surface area contributed by atoms with Gasteiger partial charge in [0.25, 0.3) is 0 Å². The van der Waals surface area contributed by atoms with Crippen LogP contribution in [0, 0.1) is 0 Å². The van der Waals surface area contributed by atoms with Gasteiger partial charge in [0.05, 0.1) is 17.9 Å². The fourth-order valence-electron chi connectivity index (χ4n) is 2.72. The van der Waals surface area contributed by atoms with Gasteiger partial charge in [-0.1, -0.05) is 31.4 Å². The number of hydrogen-bond donors (Lipinski definition) is 3. The third-order valence-corrected chi connectivity index (χ3v) is 5.28. The number of anilines is 1. The van der Waals surface area contributed by atoms with Crippen molar-refractivity contribution >= 4 is 15.7 Å². The Morgan fingerprint density at radius 2 is 1.75 bits per heavy atom. The van der Waals surface area contributed by atoms with Crippen LogP contribution in [0.15, 0.2) is 24.3 Å². The first-order valence-electron chi connectivity index (χ1n) is 6.92. The van der Waals surface area contributed by atoms with Crippen LogP contribution in [-0.4, -0.2) is 25.7 Å². The summed E-state index contributed by atoms with van der Waals surface area (Å²) in [6, 6.07) is 6.79. The van der Waals surface area contributed by atoms with Crippen LogP contribution >= 0.6 is 0 Å². The first-order valence-corrected chi connectivity index (χ1v) is 8.57. The standard InChI is InChI=1S/C14H22N2O3S/c15-13-6-4-12(5-7-13)10-20(18,19)16-14(11-17)8-2-1-3-9-14/h4-7,16-17H,1-3,8-11,15H2. The Bertz CT molecular complexity index is 534. The highest BCUT2D eigenvalue weighted by Gasteiger charge is 2.35. The van der Waals surface area contributed by atoms with Crippen molar-refractivity contribution in [1.82, 2.24) is 4.72 Å². The molecule has 112 valence electrons. The number of hydrogen-bond acceptors (Lipinski definition) is 4. The van der Waals surface area contributed by atoms with Gasteiger partial charge in [-0.3, -0.25) is 0 Å². The summed E-state index contributed by atoms with van der Waals surface area (Å²) in [7, 11) is -3.47. The molecule has 4 N–H and O–H groups in total. The van der Waals surface area contributed by atoms with Crippen LogP contribution in [0.3, 0.4) is 0 Å². The minimum absolute atomic E-state index is 0.0883. The molecule has 0 unspecified atom stereocenters. The third-order valence-electron chi connectivity index (χ3n) is 3.82. The van der Waals surface area contributed by atoms with Crippen LogP contribution in [0.25, 0.3) is 0 Å². The minimum atomic E-state index is -3.47. The smallest absolute Gasteiger partial charge is 0.216 e. The molecular weight excluding hydrogens is 276 g/mol. The van der Waals surface area contributed by atoms with E-state index in [1.165, 1.54) is 0 Å². The van der Waals surface area contributed by atoms with Crippen LogP contribution in [0.5, 0.6) is 0 Å². The Kier molecular flexibility index (Phi) is 4.67. The number of nitrogens with one attached hydrogen (secondary N) is 1. The lowest BCUT2D eigenvalue weighted by Crippen LogP contribution is -2.52. The van der Waals surface area contributed by atoms with E-state index in [2.05, 4.69) is 4.72 Å². The molecule has 0 spiro atoms. The van der Waals surface area contributed by atoms with Crippen molar-refractivity contribution in [2.45, 2.75) is 43.4 Å². The largest absolute Gasteiger partial charge is 0.399 e. The molecule has 5 nitrogen and oxygen atoms in total. The van der Waals surface area contributed by atoms with E-state index in [9.17, 15) is 13.5 Å². The maximum Gasteiger partial charge on any atom is 0.216 e. The predicted octanol–water partition coefficient (Wildman–Crippen LogP) is 1.38. The molecule has 0 heterocycles. The Morgan fingerprint density at radius 3 is 2.30 bits per heavy atom. The molecule has 0 saturated heterocycles. The maximum atomic E-state index is 12.3. The highest BCUT2D eigenvalue weighted by Crippen LogP contribution is 2.28. The van der Waals surface area contributed by atoms with Gasteiger partial charge in [0.1, 0.15) is 0 Å². The lowest BCUT2D eigenvalue weighted by atomic mass is 9.83. The normalized spacial score (nSPS) is 18.9. The number of nitrogen functional groups attached to an aromatic ring is 1. The van der Waals surface area contributed by atoms with Crippen LogP contribution in [0.2, 0.25) is 0 Å². The molecule has 0 aliphatic heterocycles. The summed E-state index contributed by atoms with van der Waals surface area (Å²) in [5, 5.41) is 9.56. The Hall–Kier alpha value is -1.11. The minimum Gasteiger partial charge on any atom is -0.399 e. The number of rotatable bonds is 5. The highest BCUT2D eigenvalue weighted by atomic mass is 32.2. The molecule has 1 fully saturated rings. The van der Waals surface area contributed by atoms with E-state index in [0.29, 0.717) is 24.1 Å². The second-order valence-corrected chi connectivity index (χ2v) is 7.32. The summed E-state index contributed by atoms with van der Waals surface area (Å²) in [5.41, 5.74) is 6.21. The van der Waals surface area contributed by atoms with Gasteiger partial charge in [-0.05, 0) is 30.5 Å². The van der Waals surface area contributed by atoms with Gasteiger partial charge >= 0.3 is 0 Å². The molecule has 0 bridgehead atoms. The van der Waals surface area contributed by atoms with Crippen molar-refractivity contribution in [2.24, 2.45) is 0 Å². The van der Waals surface area contributed by atoms with Gasteiger partial charge in [0, 0.05) is 5.69 Å². The summed E-state index contributed by atoms with van der Waals surface area (Å²) in [6.45, 7) is -0.145. The summed E-state index contributed by atoms with van der Waals surface area (Å²) in [6.07, 6.45) is 4.40. The van der Waals surface area contributed by atoms with Crippen molar-refractivity contribution in [2.75, 3.05) is 12.3 Å². The maximum absolute atomic E-state index is 12.3. The van der Waals surface area contributed by atoms with Gasteiger partial charge in [0.15, 0.2) is 0 Å². The first kappa shape index (κ1) is 15.3. The van der Waals surface area contributed by atoms with E-state index in [0.717, 1.165) is 19.3 Å². The van der Waals surface area contributed by atoms with Crippen molar-refractivity contribution in [1.29, 1.82) is 0 Å². The molecule has 1 aliphatic rings. The number of aliphatic hydroxyl groups is 1. The molecule has 0 amide bonds. The predicted molar refractivity (Wildman–Crippen MR) is 79.5 cm³/mol. The first-order chi connectivity index (χ1) is 9.45. The fourth-order valence-corrected chi connectivity index (χ4v) is 4.35. The van der Waals surface area contributed by atoms with Gasteiger partial charge in [0.2, 0.25) is 10.0 Å². The lowest BCUT2D eigenvalue weighted by molar-refractivity contribution is 0.142. The Morgan fingerprint density at radius 1 is 1.15 bits per heavy atom. The van der Waals surface area contributed by atoms with Crippen molar-refractivity contribution < 1.29 is 13.5 Å².